The van der Waals surface area contributed by atoms with Gasteiger partial charge in [-0.3, -0.25) is 38.4 Å². The Morgan fingerprint density at radius 2 is 0.412 bits per heavy atom. The van der Waals surface area contributed by atoms with Gasteiger partial charge in [0, 0.05) is 38.5 Å². The van der Waals surface area contributed by atoms with Crippen LogP contribution >= 0.6 is 23.2 Å². The smallest absolute Gasteiger partial charge is 0.317 e. The molecule has 102 heavy (non-hydrogen) atoms. The van der Waals surface area contributed by atoms with Gasteiger partial charge in [0.2, 0.25) is 10.5 Å². The van der Waals surface area contributed by atoms with E-state index in [4.69, 9.17) is 52.0 Å². The summed E-state index contributed by atoms with van der Waals surface area (Å²) < 4.78 is 26.0. The number of aliphatic hydroxyl groups is 1. The van der Waals surface area contributed by atoms with E-state index >= 15 is 0 Å². The molecule has 0 spiro atoms. The lowest BCUT2D eigenvalue weighted by atomic mass is 10.0. The zero-order chi connectivity index (χ0) is 75.5. The molecule has 0 aromatic carbocycles. The molecule has 0 radical (unpaired) electrons. The van der Waals surface area contributed by atoms with Gasteiger partial charge in [-0.25, -0.2) is 0 Å². The molecule has 0 heterocycles. The van der Waals surface area contributed by atoms with E-state index in [0.29, 0.717) is 25.7 Å². The maximum Gasteiger partial charge on any atom is 0.317 e. The summed E-state index contributed by atoms with van der Waals surface area (Å²) in [6.45, 7) is 8.25. The van der Waals surface area contributed by atoms with Crippen molar-refractivity contribution in [3.05, 3.63) is 0 Å². The average molecular weight is 1490 g/mol. The van der Waals surface area contributed by atoms with E-state index in [1.165, 1.54) is 295 Å². The minimum atomic E-state index is -1.32. The van der Waals surface area contributed by atoms with Crippen LogP contribution in [-0.2, 0) is 62.0 Å². The van der Waals surface area contributed by atoms with Crippen LogP contribution < -0.4 is 0 Å². The number of hydrogen-bond donors (Lipinski definition) is 2. The summed E-state index contributed by atoms with van der Waals surface area (Å²) >= 11 is 10.4. The molecule has 0 saturated heterocycles. The summed E-state index contributed by atoms with van der Waals surface area (Å²) in [6.07, 6.45) is 73.0. The number of carboxylic acids is 1. The van der Waals surface area contributed by atoms with Crippen molar-refractivity contribution in [2.75, 3.05) is 26.4 Å². The number of halogens is 2. The molecule has 0 aromatic heterocycles. The monoisotopic (exact) mass is 1490 g/mol. The van der Waals surface area contributed by atoms with E-state index in [2.05, 4.69) is 27.7 Å². The number of carboxylic acid groups (broad SMARTS) is 1. The van der Waals surface area contributed by atoms with Crippen LogP contribution in [0.2, 0.25) is 0 Å². The highest BCUT2D eigenvalue weighted by molar-refractivity contribution is 6.63. The van der Waals surface area contributed by atoms with Crippen molar-refractivity contribution in [1.29, 1.82) is 0 Å². The number of unbranched alkanes of at least 4 members (excludes halogenated alkanes) is 55. The first kappa shape index (κ1) is 103. The Bertz CT molecular complexity index is 1760. The van der Waals surface area contributed by atoms with Gasteiger partial charge in [-0.1, -0.05) is 374 Å². The Balaban J connectivity index is -0.00000159. The highest BCUT2D eigenvalue weighted by Gasteiger charge is 2.21. The number of carbonyl (C=O) groups excluding carboxylic acids is 7. The Morgan fingerprint density at radius 3 is 0.588 bits per heavy atom. The zero-order valence-electron chi connectivity index (χ0n) is 66.3. The van der Waals surface area contributed by atoms with Gasteiger partial charge in [-0.2, -0.15) is 0 Å². The minimum Gasteiger partial charge on any atom is -0.481 e. The van der Waals surface area contributed by atoms with E-state index in [0.717, 1.165) is 89.9 Å². The van der Waals surface area contributed by atoms with Gasteiger partial charge in [0.05, 0.1) is 0 Å². The summed E-state index contributed by atoms with van der Waals surface area (Å²) in [4.78, 5) is 91.9. The lowest BCUT2D eigenvalue weighted by Gasteiger charge is -2.18. The standard InChI is InChI=1S/C38H70O8.C35H68O5.C12H20Cl2O2/c1-3-5-7-9-11-13-15-17-19-21-23-25-27-29-36(41)44-32-34(46-38(43)31-35(39)40)33-45-37(42)30-28-26-24-22-20-18-16-14-12-10-8-6-4-2;1-3-5-7-9-11-13-15-17-19-21-23-25-27-29-34(37)39-31-33(36)32-40-35(38)30-28-26-24-22-20-18-16-14-12-10-8-6-4-2;13-11(15)9-7-5-3-1-2-4-6-8-10-12(14)16/h34H,3-33H2,1-2H3,(H,39,40);33,36H,3-32H2,1-2H3;1-10H2. The molecule has 602 valence electrons. The molecular formula is C85H158Cl2O15. The van der Waals surface area contributed by atoms with Crippen molar-refractivity contribution in [1.82, 2.24) is 0 Å². The van der Waals surface area contributed by atoms with E-state index in [1.807, 2.05) is 0 Å². The molecule has 0 atom stereocenters. The fourth-order valence-corrected chi connectivity index (χ4v) is 12.6. The molecule has 15 nitrogen and oxygen atoms in total. The molecule has 0 amide bonds. The topological polar surface area (TPSA) is 223 Å². The van der Waals surface area contributed by atoms with Crippen LogP contribution in [0.5, 0.6) is 0 Å². The molecule has 0 aliphatic heterocycles. The molecule has 0 unspecified atom stereocenters. The molecule has 0 aliphatic carbocycles. The molecule has 0 saturated carbocycles. The first-order chi connectivity index (χ1) is 49.6. The zero-order valence-corrected chi connectivity index (χ0v) is 67.8. The maximum atomic E-state index is 12.2. The van der Waals surface area contributed by atoms with Crippen LogP contribution in [0.4, 0.5) is 0 Å². The van der Waals surface area contributed by atoms with Gasteiger partial charge >= 0.3 is 35.8 Å². The van der Waals surface area contributed by atoms with Crippen LogP contribution in [0.1, 0.15) is 458 Å². The Kier molecular flexibility index (Phi) is 87.4. The first-order valence-corrected chi connectivity index (χ1v) is 43.4. The van der Waals surface area contributed by atoms with Crippen molar-refractivity contribution in [2.45, 2.75) is 470 Å². The largest absolute Gasteiger partial charge is 0.481 e. The number of esters is 5. The summed E-state index contributed by atoms with van der Waals surface area (Å²) in [7, 11) is 0. The molecule has 0 bridgehead atoms. The lowest BCUT2D eigenvalue weighted by molar-refractivity contribution is -0.169. The van der Waals surface area contributed by atoms with E-state index in [-0.39, 0.29) is 61.7 Å². The number of ether oxygens (including phenoxy) is 5. The lowest BCUT2D eigenvalue weighted by Crippen LogP contribution is -2.31. The third-order valence-corrected chi connectivity index (χ3v) is 19.1. The Labute approximate surface area is 634 Å². The van der Waals surface area contributed by atoms with Crippen molar-refractivity contribution in [2.24, 2.45) is 0 Å². The number of aliphatic hydroxyl groups excluding tert-OH is 1. The van der Waals surface area contributed by atoms with Crippen LogP contribution in [0.25, 0.3) is 0 Å². The second kappa shape index (κ2) is 86.6. The highest BCUT2D eigenvalue weighted by atomic mass is 35.5. The average Bonchev–Trinajstić information content (AvgIpc) is 1.24. The molecular weight excluding hydrogens is 1330 g/mol. The highest BCUT2D eigenvalue weighted by Crippen LogP contribution is 2.19. The number of aliphatic carboxylic acids is 1. The van der Waals surface area contributed by atoms with Gasteiger partial charge < -0.3 is 33.9 Å². The normalized spacial score (nSPS) is 11.1. The van der Waals surface area contributed by atoms with Gasteiger partial charge in [0.1, 0.15) is 39.0 Å². The van der Waals surface area contributed by atoms with Crippen LogP contribution in [0.3, 0.4) is 0 Å². The van der Waals surface area contributed by atoms with E-state index in [9.17, 15) is 43.5 Å². The summed E-state index contributed by atoms with van der Waals surface area (Å²) in [5.74, 6) is -3.64. The molecule has 17 heteroatoms. The molecule has 0 aromatic rings. The number of carbonyl (C=O) groups is 8. The van der Waals surface area contributed by atoms with Gasteiger partial charge in [-0.05, 0) is 61.7 Å². The van der Waals surface area contributed by atoms with Gasteiger partial charge in [0.15, 0.2) is 6.10 Å². The summed E-state index contributed by atoms with van der Waals surface area (Å²) in [5.41, 5.74) is 0. The number of rotatable bonds is 78. The maximum absolute atomic E-state index is 12.2. The Hall–Kier alpha value is -3.30. The fraction of sp³-hybridized carbons (Fsp3) is 0.906. The van der Waals surface area contributed by atoms with Crippen molar-refractivity contribution < 1.29 is 72.3 Å². The molecule has 0 rings (SSSR count). The molecule has 0 fully saturated rings. The Morgan fingerprint density at radius 1 is 0.245 bits per heavy atom. The van der Waals surface area contributed by atoms with Gasteiger partial charge in [-0.15, -0.1) is 0 Å². The summed E-state index contributed by atoms with van der Waals surface area (Å²) in [5, 5.41) is 18.4. The third kappa shape index (κ3) is 92.8. The number of hydrogen-bond acceptors (Lipinski definition) is 14. The minimum absolute atomic E-state index is 0.108. The van der Waals surface area contributed by atoms with E-state index in [1.54, 1.807) is 0 Å². The molecule has 2 N–H and O–H groups in total. The summed E-state index contributed by atoms with van der Waals surface area (Å²) in [6, 6.07) is 0. The predicted octanol–water partition coefficient (Wildman–Crippen LogP) is 25.2. The first-order valence-electron chi connectivity index (χ1n) is 42.7. The van der Waals surface area contributed by atoms with Crippen LogP contribution in [0.15, 0.2) is 0 Å². The van der Waals surface area contributed by atoms with Crippen molar-refractivity contribution >= 4 is 69.5 Å². The fourth-order valence-electron chi connectivity index (χ4n) is 12.3. The predicted molar refractivity (Wildman–Crippen MR) is 421 cm³/mol. The molecule has 0 aliphatic rings. The second-order valence-electron chi connectivity index (χ2n) is 29.1. The quantitative estimate of drug-likeness (QED) is 0.0190. The van der Waals surface area contributed by atoms with Crippen molar-refractivity contribution in [3.8, 4) is 0 Å². The second-order valence-corrected chi connectivity index (χ2v) is 29.9. The van der Waals surface area contributed by atoms with Gasteiger partial charge in [0.25, 0.3) is 0 Å². The van der Waals surface area contributed by atoms with Crippen LogP contribution in [-0.4, -0.2) is 95.1 Å². The SMILES string of the molecule is CCCCCCCCCCCCCCCC(=O)OCC(COC(=O)CCCCCCCCCCCCCCC)OC(=O)CC(=O)O.CCCCCCCCCCCCCCCC(=O)OCC(O)COC(=O)CCCCCCCCCCCCCCC.O=C(Cl)CCCCCCCCCCC(=O)Cl. The van der Waals surface area contributed by atoms with Crippen molar-refractivity contribution in [3.63, 3.8) is 0 Å². The van der Waals surface area contributed by atoms with Crippen LogP contribution in [0, 0.1) is 0 Å². The van der Waals surface area contributed by atoms with E-state index < -0.39 is 42.5 Å². The third-order valence-electron chi connectivity index (χ3n) is 18.8.